The van der Waals surface area contributed by atoms with Crippen LogP contribution in [-0.4, -0.2) is 17.6 Å². The summed E-state index contributed by atoms with van der Waals surface area (Å²) < 4.78 is 6.26. The molecule has 0 saturated carbocycles. The maximum atomic E-state index is 12.8. The van der Waals surface area contributed by atoms with E-state index in [0.29, 0.717) is 28.1 Å². The second kappa shape index (κ2) is 5.61. The van der Waals surface area contributed by atoms with E-state index in [1.54, 1.807) is 62.6 Å². The molecule has 5 nitrogen and oxygen atoms in total. The lowest BCUT2D eigenvalue weighted by Gasteiger charge is -2.11. The molecule has 5 heteroatoms. The monoisotopic (exact) mass is 308 g/mol. The molecular formula is C18H16N2O3. The highest BCUT2D eigenvalue weighted by Gasteiger charge is 2.15. The fraction of sp³-hybridized carbons (Fsp3) is 0.111. The molecule has 0 aliphatic rings. The van der Waals surface area contributed by atoms with Gasteiger partial charge in [0.15, 0.2) is 0 Å². The summed E-state index contributed by atoms with van der Waals surface area (Å²) in [7, 11) is 1.55. The number of nitrogens with zero attached hydrogens (tertiary/aromatic N) is 1. The standard InChI is InChI=1S/C18H16N2O3/c1-11-9-13-3-6-14(19)10-16(13)20(17(11)21)18(22)12-4-7-15(23-2)8-5-12/h3-10H,19H2,1-2H3. The summed E-state index contributed by atoms with van der Waals surface area (Å²) >= 11 is 0. The van der Waals surface area contributed by atoms with Gasteiger partial charge in [0.2, 0.25) is 0 Å². The highest BCUT2D eigenvalue weighted by atomic mass is 16.5. The maximum Gasteiger partial charge on any atom is 0.265 e. The zero-order chi connectivity index (χ0) is 16.6. The van der Waals surface area contributed by atoms with Gasteiger partial charge in [-0.2, -0.15) is 0 Å². The molecule has 0 unspecified atom stereocenters. The first-order valence-electron chi connectivity index (χ1n) is 7.12. The minimum Gasteiger partial charge on any atom is -0.497 e. The smallest absolute Gasteiger partial charge is 0.265 e. The van der Waals surface area contributed by atoms with Gasteiger partial charge < -0.3 is 10.5 Å². The number of pyridine rings is 1. The molecule has 1 aromatic heterocycles. The number of methoxy groups -OCH3 is 1. The van der Waals surface area contributed by atoms with Crippen molar-refractivity contribution in [3.8, 4) is 5.75 Å². The van der Waals surface area contributed by atoms with E-state index < -0.39 is 5.91 Å². The van der Waals surface area contributed by atoms with Crippen LogP contribution < -0.4 is 16.0 Å². The minimum atomic E-state index is -0.392. The average Bonchev–Trinajstić information content (AvgIpc) is 2.56. The number of carbonyl (C=O) groups excluding carboxylic acids is 1. The number of hydrogen-bond donors (Lipinski definition) is 1. The van der Waals surface area contributed by atoms with E-state index >= 15 is 0 Å². The molecule has 0 spiro atoms. The van der Waals surface area contributed by atoms with E-state index in [9.17, 15) is 9.59 Å². The third kappa shape index (κ3) is 2.57. The number of nitrogen functional groups attached to an aromatic ring is 1. The summed E-state index contributed by atoms with van der Waals surface area (Å²) in [6.45, 7) is 1.69. The number of aryl methyl sites for hydroxylation is 1. The van der Waals surface area contributed by atoms with Crippen LogP contribution >= 0.6 is 0 Å². The number of carbonyl (C=O) groups is 1. The molecule has 2 aromatic carbocycles. The Balaban J connectivity index is 2.24. The van der Waals surface area contributed by atoms with Crippen molar-refractivity contribution in [3.63, 3.8) is 0 Å². The van der Waals surface area contributed by atoms with Gasteiger partial charge in [0.05, 0.1) is 12.6 Å². The van der Waals surface area contributed by atoms with Crippen LogP contribution in [0.1, 0.15) is 15.9 Å². The molecule has 116 valence electrons. The van der Waals surface area contributed by atoms with Gasteiger partial charge in [-0.25, -0.2) is 4.57 Å². The molecule has 1 heterocycles. The molecule has 23 heavy (non-hydrogen) atoms. The molecule has 0 bridgehead atoms. The minimum absolute atomic E-state index is 0.344. The van der Waals surface area contributed by atoms with Gasteiger partial charge in [-0.3, -0.25) is 9.59 Å². The Kier molecular flexibility index (Phi) is 3.62. The van der Waals surface area contributed by atoms with Crippen LogP contribution in [0.2, 0.25) is 0 Å². The Hall–Kier alpha value is -3.08. The molecule has 0 fully saturated rings. The summed E-state index contributed by atoms with van der Waals surface area (Å²) in [6, 6.07) is 13.6. The summed E-state index contributed by atoms with van der Waals surface area (Å²) in [5.74, 6) is 0.254. The first kappa shape index (κ1) is 14.8. The van der Waals surface area contributed by atoms with Crippen molar-refractivity contribution in [2.75, 3.05) is 12.8 Å². The van der Waals surface area contributed by atoms with Crippen LogP contribution in [0.5, 0.6) is 5.75 Å². The van der Waals surface area contributed by atoms with Crippen molar-refractivity contribution in [1.29, 1.82) is 0 Å². The van der Waals surface area contributed by atoms with Crippen LogP contribution in [0, 0.1) is 6.92 Å². The summed E-state index contributed by atoms with van der Waals surface area (Å²) in [4.78, 5) is 25.3. The average molecular weight is 308 g/mol. The van der Waals surface area contributed by atoms with Crippen LogP contribution in [0.4, 0.5) is 5.69 Å². The third-order valence-electron chi connectivity index (χ3n) is 3.75. The third-order valence-corrected chi connectivity index (χ3v) is 3.75. The van der Waals surface area contributed by atoms with Crippen LogP contribution in [0.15, 0.2) is 53.3 Å². The Labute approximate surface area is 132 Å². The van der Waals surface area contributed by atoms with Crippen molar-refractivity contribution >= 4 is 22.5 Å². The number of nitrogens with two attached hydrogens (primary N) is 1. The zero-order valence-electron chi connectivity index (χ0n) is 12.9. The molecule has 0 amide bonds. The number of fused-ring (bicyclic) bond motifs is 1. The molecule has 0 saturated heterocycles. The van der Waals surface area contributed by atoms with E-state index in [2.05, 4.69) is 0 Å². The van der Waals surface area contributed by atoms with Crippen molar-refractivity contribution < 1.29 is 9.53 Å². The van der Waals surface area contributed by atoms with Gasteiger partial charge in [-0.05, 0) is 54.8 Å². The van der Waals surface area contributed by atoms with Gasteiger partial charge in [0.25, 0.3) is 11.5 Å². The first-order valence-corrected chi connectivity index (χ1v) is 7.12. The maximum absolute atomic E-state index is 12.8. The number of ether oxygens (including phenoxy) is 1. The van der Waals surface area contributed by atoms with E-state index in [-0.39, 0.29) is 5.56 Å². The molecule has 3 rings (SSSR count). The number of benzene rings is 2. The quantitative estimate of drug-likeness (QED) is 0.738. The van der Waals surface area contributed by atoms with Crippen LogP contribution in [0.3, 0.4) is 0 Å². The lowest BCUT2D eigenvalue weighted by atomic mass is 10.1. The van der Waals surface area contributed by atoms with Gasteiger partial charge in [-0.15, -0.1) is 0 Å². The van der Waals surface area contributed by atoms with Crippen molar-refractivity contribution in [2.24, 2.45) is 0 Å². The normalized spacial score (nSPS) is 10.7. The van der Waals surface area contributed by atoms with Gasteiger partial charge in [0, 0.05) is 16.8 Å². The van der Waals surface area contributed by atoms with Crippen molar-refractivity contribution in [2.45, 2.75) is 6.92 Å². The number of hydrogen-bond acceptors (Lipinski definition) is 4. The predicted octanol–water partition coefficient (Wildman–Crippen LogP) is 2.59. The molecule has 0 aliphatic carbocycles. The molecule has 2 N–H and O–H groups in total. The van der Waals surface area contributed by atoms with Gasteiger partial charge >= 0.3 is 0 Å². The Morgan fingerprint density at radius 3 is 2.43 bits per heavy atom. The lowest BCUT2D eigenvalue weighted by molar-refractivity contribution is 0.0961. The molecule has 0 atom stereocenters. The van der Waals surface area contributed by atoms with E-state index in [1.807, 2.05) is 0 Å². The first-order chi connectivity index (χ1) is 11.0. The number of aromatic nitrogens is 1. The fourth-order valence-electron chi connectivity index (χ4n) is 2.52. The van der Waals surface area contributed by atoms with E-state index in [0.717, 1.165) is 5.39 Å². The summed E-state index contributed by atoms with van der Waals surface area (Å²) in [5.41, 5.74) is 7.38. The summed E-state index contributed by atoms with van der Waals surface area (Å²) in [5, 5.41) is 0.790. The van der Waals surface area contributed by atoms with E-state index in [1.165, 1.54) is 4.57 Å². The highest BCUT2D eigenvalue weighted by molar-refractivity contribution is 6.02. The Morgan fingerprint density at radius 2 is 1.78 bits per heavy atom. The second-order valence-corrected chi connectivity index (χ2v) is 5.32. The van der Waals surface area contributed by atoms with Gasteiger partial charge in [-0.1, -0.05) is 6.07 Å². The SMILES string of the molecule is COc1ccc(C(=O)n2c(=O)c(C)cc3ccc(N)cc32)cc1. The molecule has 3 aromatic rings. The topological polar surface area (TPSA) is 74.3 Å². The Bertz CT molecular complexity index is 956. The molecule has 0 radical (unpaired) electrons. The second-order valence-electron chi connectivity index (χ2n) is 5.32. The van der Waals surface area contributed by atoms with Crippen LogP contribution in [0.25, 0.3) is 10.9 Å². The van der Waals surface area contributed by atoms with Gasteiger partial charge in [0.1, 0.15) is 5.75 Å². The number of rotatable bonds is 2. The largest absolute Gasteiger partial charge is 0.497 e. The Morgan fingerprint density at radius 1 is 1.09 bits per heavy atom. The molecular weight excluding hydrogens is 292 g/mol. The summed E-state index contributed by atoms with van der Waals surface area (Å²) in [6.07, 6.45) is 0. The molecule has 0 aliphatic heterocycles. The number of anilines is 1. The van der Waals surface area contributed by atoms with Crippen molar-refractivity contribution in [3.05, 3.63) is 70.0 Å². The van der Waals surface area contributed by atoms with E-state index in [4.69, 9.17) is 10.5 Å². The van der Waals surface area contributed by atoms with Crippen molar-refractivity contribution in [1.82, 2.24) is 4.57 Å². The zero-order valence-corrected chi connectivity index (χ0v) is 12.9. The fourth-order valence-corrected chi connectivity index (χ4v) is 2.52. The predicted molar refractivity (Wildman–Crippen MR) is 90.1 cm³/mol. The highest BCUT2D eigenvalue weighted by Crippen LogP contribution is 2.19. The van der Waals surface area contributed by atoms with Crippen LogP contribution in [-0.2, 0) is 0 Å². The lowest BCUT2D eigenvalue weighted by Crippen LogP contribution is -2.29.